The molecule has 3 aromatic rings. The Morgan fingerprint density at radius 1 is 1.08 bits per heavy atom. The molecule has 0 bridgehead atoms. The second-order valence-corrected chi connectivity index (χ2v) is 10.0. The molecule has 2 saturated heterocycles. The van der Waals surface area contributed by atoms with E-state index in [0.29, 0.717) is 12.6 Å². The number of benzene rings is 2. The lowest BCUT2D eigenvalue weighted by molar-refractivity contribution is -0.107. The van der Waals surface area contributed by atoms with Crippen LogP contribution in [0.25, 0.3) is 10.9 Å². The minimum atomic E-state index is 0.464. The third-order valence-electron chi connectivity index (χ3n) is 7.21. The van der Waals surface area contributed by atoms with Gasteiger partial charge in [-0.25, -0.2) is 0 Å². The molecule has 3 heterocycles. The molecule has 0 aliphatic carbocycles. The van der Waals surface area contributed by atoms with Crippen molar-refractivity contribution in [1.29, 1.82) is 0 Å². The average Bonchev–Trinajstić information content (AvgIpc) is 3.33. The Morgan fingerprint density at radius 2 is 1.89 bits per heavy atom. The van der Waals surface area contributed by atoms with Gasteiger partial charge in [-0.2, -0.15) is 0 Å². The van der Waals surface area contributed by atoms with Gasteiger partial charge in [0.2, 0.25) is 6.41 Å². The monoisotopic (exact) mass is 486 g/mol. The first-order chi connectivity index (χ1) is 17.7. The van der Waals surface area contributed by atoms with E-state index >= 15 is 0 Å². The molecule has 2 aliphatic heterocycles. The number of para-hydroxylation sites is 1. The largest absolute Gasteiger partial charge is 0.374 e. The second kappa shape index (κ2) is 11.5. The van der Waals surface area contributed by atoms with E-state index in [9.17, 15) is 4.79 Å². The number of carbonyl (C=O) groups excluding carboxylic acids is 1. The normalized spacial score (nSPS) is 18.9. The zero-order valence-electron chi connectivity index (χ0n) is 21.2. The molecule has 3 N–H and O–H groups in total. The van der Waals surface area contributed by atoms with Crippen molar-refractivity contribution in [3.05, 3.63) is 72.3 Å². The number of nitrogens with zero attached hydrogens (tertiary/aromatic N) is 3. The molecule has 0 radical (unpaired) electrons. The molecule has 190 valence electrons. The fraction of sp³-hybridized carbons (Fsp3) is 0.414. The third kappa shape index (κ3) is 6.02. The number of H-pyrrole nitrogens is 1. The average molecular weight is 487 g/mol. The minimum absolute atomic E-state index is 0.464. The van der Waals surface area contributed by atoms with E-state index in [1.807, 2.05) is 24.3 Å². The van der Waals surface area contributed by atoms with E-state index in [2.05, 4.69) is 68.9 Å². The lowest BCUT2D eigenvalue weighted by Crippen LogP contribution is -2.50. The Morgan fingerprint density at radius 3 is 2.64 bits per heavy atom. The van der Waals surface area contributed by atoms with Gasteiger partial charge in [-0.05, 0) is 68.0 Å². The van der Waals surface area contributed by atoms with Crippen molar-refractivity contribution in [2.45, 2.75) is 38.6 Å². The molecule has 7 nitrogen and oxygen atoms in total. The molecule has 1 amide bonds. The second-order valence-electron chi connectivity index (χ2n) is 10.0. The first-order valence-corrected chi connectivity index (χ1v) is 13.3. The molecule has 5 rings (SSSR count). The number of amides is 1. The summed E-state index contributed by atoms with van der Waals surface area (Å²) in [6.07, 6.45) is 7.86. The molecule has 2 fully saturated rings. The summed E-state index contributed by atoms with van der Waals surface area (Å²) in [7, 11) is 0. The number of likely N-dealkylation sites (tertiary alicyclic amines) is 1. The highest BCUT2D eigenvalue weighted by atomic mass is 16.1. The smallest absolute Gasteiger partial charge is 0.214 e. The van der Waals surface area contributed by atoms with Crippen LogP contribution in [0.2, 0.25) is 0 Å². The van der Waals surface area contributed by atoms with Crippen molar-refractivity contribution in [2.24, 2.45) is 0 Å². The molecule has 7 heteroatoms. The molecule has 2 aliphatic rings. The van der Waals surface area contributed by atoms with Gasteiger partial charge in [0.05, 0.1) is 0 Å². The fourth-order valence-electron chi connectivity index (χ4n) is 5.20. The van der Waals surface area contributed by atoms with Crippen molar-refractivity contribution in [3.8, 4) is 0 Å². The predicted molar refractivity (Wildman–Crippen MR) is 148 cm³/mol. The molecule has 0 spiro atoms. The lowest BCUT2D eigenvalue weighted by Gasteiger charge is -2.37. The number of piperazine rings is 1. The van der Waals surface area contributed by atoms with Crippen molar-refractivity contribution in [2.75, 3.05) is 49.5 Å². The van der Waals surface area contributed by atoms with E-state index in [4.69, 9.17) is 0 Å². The van der Waals surface area contributed by atoms with E-state index in [1.165, 1.54) is 24.6 Å². The van der Waals surface area contributed by atoms with Crippen LogP contribution >= 0.6 is 0 Å². The first kappa shape index (κ1) is 24.3. The van der Waals surface area contributed by atoms with Crippen LogP contribution in [0.15, 0.2) is 66.6 Å². The molecule has 0 unspecified atom stereocenters. The topological polar surface area (TPSA) is 66.6 Å². The minimum Gasteiger partial charge on any atom is -0.374 e. The Kier molecular flexibility index (Phi) is 7.76. The summed E-state index contributed by atoms with van der Waals surface area (Å²) in [6, 6.07) is 19.1. The zero-order chi connectivity index (χ0) is 24.7. The van der Waals surface area contributed by atoms with Gasteiger partial charge >= 0.3 is 0 Å². The van der Waals surface area contributed by atoms with Gasteiger partial charge in [0.15, 0.2) is 0 Å². The quantitative estimate of drug-likeness (QED) is 0.392. The number of fused-ring (bicyclic) bond motifs is 1. The number of rotatable bonds is 9. The zero-order valence-corrected chi connectivity index (χ0v) is 21.2. The third-order valence-corrected chi connectivity index (χ3v) is 7.21. The fourth-order valence-corrected chi connectivity index (χ4v) is 5.20. The summed E-state index contributed by atoms with van der Waals surface area (Å²) in [5.74, 6) is 1.16. The van der Waals surface area contributed by atoms with Gasteiger partial charge in [0.1, 0.15) is 5.82 Å². The molecular weight excluding hydrogens is 448 g/mol. The maximum atomic E-state index is 11.9. The number of carbonyl (C=O) groups is 1. The van der Waals surface area contributed by atoms with Gasteiger partial charge in [-0.1, -0.05) is 18.2 Å². The number of aromatic amines is 1. The SMILES string of the molecule is C[C@H]1CN(/C(=C\N2CCCCC2)Nc2ccc(N(C=O)CCc3cc4ccccc4[nH]3)cc2)CCN1. The van der Waals surface area contributed by atoms with Crippen LogP contribution in [0.5, 0.6) is 0 Å². The van der Waals surface area contributed by atoms with Crippen LogP contribution in [-0.4, -0.2) is 66.5 Å². The summed E-state index contributed by atoms with van der Waals surface area (Å²) in [5.41, 5.74) is 4.21. The van der Waals surface area contributed by atoms with Crippen LogP contribution in [0, 0.1) is 0 Å². The highest BCUT2D eigenvalue weighted by Crippen LogP contribution is 2.22. The molecule has 1 aromatic heterocycles. The maximum Gasteiger partial charge on any atom is 0.214 e. The van der Waals surface area contributed by atoms with Crippen molar-refractivity contribution in [1.82, 2.24) is 20.1 Å². The summed E-state index contributed by atoms with van der Waals surface area (Å²) in [6.45, 7) is 8.07. The van der Waals surface area contributed by atoms with Gasteiger partial charge in [-0.15, -0.1) is 0 Å². The van der Waals surface area contributed by atoms with Crippen LogP contribution in [-0.2, 0) is 11.2 Å². The van der Waals surface area contributed by atoms with Crippen molar-refractivity contribution >= 4 is 28.7 Å². The van der Waals surface area contributed by atoms with Crippen LogP contribution in [0.1, 0.15) is 31.9 Å². The number of piperidine rings is 1. The Bertz CT molecular complexity index is 1130. The van der Waals surface area contributed by atoms with E-state index in [-0.39, 0.29) is 0 Å². The number of nitrogens with one attached hydrogen (secondary N) is 3. The Balaban J connectivity index is 1.25. The van der Waals surface area contributed by atoms with E-state index in [0.717, 1.165) is 74.0 Å². The van der Waals surface area contributed by atoms with E-state index in [1.54, 1.807) is 4.90 Å². The molecule has 36 heavy (non-hydrogen) atoms. The molecular formula is C29H38N6O. The van der Waals surface area contributed by atoms with Gasteiger partial charge in [0.25, 0.3) is 0 Å². The van der Waals surface area contributed by atoms with Crippen molar-refractivity contribution < 1.29 is 4.79 Å². The van der Waals surface area contributed by atoms with Crippen molar-refractivity contribution in [3.63, 3.8) is 0 Å². The molecule has 2 aromatic carbocycles. The van der Waals surface area contributed by atoms with Gasteiger partial charge < -0.3 is 30.3 Å². The van der Waals surface area contributed by atoms with Gasteiger partial charge in [-0.3, -0.25) is 4.79 Å². The summed E-state index contributed by atoms with van der Waals surface area (Å²) >= 11 is 0. The van der Waals surface area contributed by atoms with Crippen LogP contribution < -0.4 is 15.5 Å². The molecule has 1 atom stereocenters. The van der Waals surface area contributed by atoms with E-state index < -0.39 is 0 Å². The number of hydrogen-bond acceptors (Lipinski definition) is 5. The number of aromatic nitrogens is 1. The Labute approximate surface area is 214 Å². The summed E-state index contributed by atoms with van der Waals surface area (Å²) in [4.78, 5) is 22.0. The summed E-state index contributed by atoms with van der Waals surface area (Å²) < 4.78 is 0. The van der Waals surface area contributed by atoms with Crippen LogP contribution in [0.4, 0.5) is 11.4 Å². The lowest BCUT2D eigenvalue weighted by atomic mass is 10.1. The highest BCUT2D eigenvalue weighted by molar-refractivity contribution is 5.80. The van der Waals surface area contributed by atoms with Gasteiger partial charge in [0, 0.05) is 80.5 Å². The van der Waals surface area contributed by atoms with Crippen LogP contribution in [0.3, 0.4) is 0 Å². The highest BCUT2D eigenvalue weighted by Gasteiger charge is 2.20. The standard InChI is InChI=1S/C29H38N6O/c1-23-20-34(18-14-30-23)29(21-33-15-5-2-6-16-33)32-25-9-11-27(12-10-25)35(22-36)17-13-26-19-24-7-3-4-8-28(24)31-26/h3-4,7-12,19,21-23,30-32H,2,5-6,13-18,20H2,1H3/b29-21-/t23-/m0/s1. The number of hydrogen-bond donors (Lipinski definition) is 3. The maximum absolute atomic E-state index is 11.9. The summed E-state index contributed by atoms with van der Waals surface area (Å²) in [5, 5.41) is 8.42. The molecule has 0 saturated carbocycles. The Hall–Kier alpha value is -3.45. The number of anilines is 2. The predicted octanol–water partition coefficient (Wildman–Crippen LogP) is 4.36. The first-order valence-electron chi connectivity index (χ1n) is 13.3.